The molecule has 0 bridgehead atoms. The highest BCUT2D eigenvalue weighted by atomic mass is 32.2. The van der Waals surface area contributed by atoms with Crippen molar-refractivity contribution in [1.29, 1.82) is 0 Å². The third kappa shape index (κ3) is 6.02. The molecule has 0 radical (unpaired) electrons. The molecule has 0 saturated carbocycles. The normalized spacial score (nSPS) is 11.9. The van der Waals surface area contributed by atoms with Crippen LogP contribution in [0, 0.1) is 0 Å². The van der Waals surface area contributed by atoms with Gasteiger partial charge < -0.3 is 15.4 Å². The summed E-state index contributed by atoms with van der Waals surface area (Å²) in [5.41, 5.74) is 6.04. The molecule has 3 N–H and O–H groups in total. The Morgan fingerprint density at radius 2 is 1.84 bits per heavy atom. The predicted molar refractivity (Wildman–Crippen MR) is 75.4 cm³/mol. The summed E-state index contributed by atoms with van der Waals surface area (Å²) >= 11 is 0. The van der Waals surface area contributed by atoms with Gasteiger partial charge in [0.25, 0.3) is 0 Å². The van der Waals surface area contributed by atoms with Crippen LogP contribution in [0.3, 0.4) is 0 Å². The molecule has 0 heterocycles. The van der Waals surface area contributed by atoms with Crippen molar-refractivity contribution in [2.75, 3.05) is 46.1 Å². The molecule has 19 heavy (non-hydrogen) atoms. The van der Waals surface area contributed by atoms with Crippen molar-refractivity contribution >= 4 is 15.7 Å². The Hall–Kier alpha value is -1.15. The van der Waals surface area contributed by atoms with E-state index >= 15 is 0 Å². The first-order valence-electron chi connectivity index (χ1n) is 5.99. The van der Waals surface area contributed by atoms with Gasteiger partial charge in [0.05, 0.1) is 18.1 Å². The zero-order valence-corrected chi connectivity index (χ0v) is 12.1. The standard InChI is InChI=1S/C12H21N3O3S/c1-15(2)8-10-18-9-7-14-19(16,17)12-5-3-11(13)4-6-12/h3-6,14H,7-10,13H2,1-2H3. The molecule has 1 aromatic rings. The van der Waals surface area contributed by atoms with Crippen LogP contribution in [-0.2, 0) is 14.8 Å². The summed E-state index contributed by atoms with van der Waals surface area (Å²) < 4.78 is 31.5. The third-order valence-electron chi connectivity index (χ3n) is 2.41. The first kappa shape index (κ1) is 15.9. The fourth-order valence-corrected chi connectivity index (χ4v) is 2.34. The van der Waals surface area contributed by atoms with Crippen molar-refractivity contribution in [3.8, 4) is 0 Å². The van der Waals surface area contributed by atoms with E-state index in [1.54, 1.807) is 12.1 Å². The van der Waals surface area contributed by atoms with Crippen LogP contribution in [-0.4, -0.2) is 53.7 Å². The number of ether oxygens (including phenoxy) is 1. The summed E-state index contributed by atoms with van der Waals surface area (Å²) in [7, 11) is 0.427. The number of sulfonamides is 1. The number of likely N-dealkylation sites (N-methyl/N-ethyl adjacent to an activating group) is 1. The maximum Gasteiger partial charge on any atom is 0.240 e. The molecule has 1 rings (SSSR count). The smallest absolute Gasteiger partial charge is 0.240 e. The summed E-state index contributed by atoms with van der Waals surface area (Å²) in [5, 5.41) is 0. The van der Waals surface area contributed by atoms with E-state index in [1.807, 2.05) is 19.0 Å². The Morgan fingerprint density at radius 1 is 1.21 bits per heavy atom. The topological polar surface area (TPSA) is 84.7 Å². The Bertz CT molecular complexity index is 471. The number of benzene rings is 1. The van der Waals surface area contributed by atoms with Gasteiger partial charge >= 0.3 is 0 Å². The maximum atomic E-state index is 11.9. The van der Waals surface area contributed by atoms with E-state index < -0.39 is 10.0 Å². The van der Waals surface area contributed by atoms with Gasteiger partial charge in [0, 0.05) is 18.8 Å². The molecule has 7 heteroatoms. The van der Waals surface area contributed by atoms with Crippen LogP contribution in [0.15, 0.2) is 29.2 Å². The molecule has 0 saturated heterocycles. The molecule has 0 spiro atoms. The fraction of sp³-hybridized carbons (Fsp3) is 0.500. The monoisotopic (exact) mass is 287 g/mol. The lowest BCUT2D eigenvalue weighted by Crippen LogP contribution is -2.28. The van der Waals surface area contributed by atoms with Crippen molar-refractivity contribution in [3.05, 3.63) is 24.3 Å². The van der Waals surface area contributed by atoms with E-state index in [1.165, 1.54) is 12.1 Å². The van der Waals surface area contributed by atoms with E-state index in [4.69, 9.17) is 10.5 Å². The van der Waals surface area contributed by atoms with Gasteiger partial charge in [-0.1, -0.05) is 0 Å². The highest BCUT2D eigenvalue weighted by Gasteiger charge is 2.12. The lowest BCUT2D eigenvalue weighted by Gasteiger charge is -2.10. The molecule has 108 valence electrons. The largest absolute Gasteiger partial charge is 0.399 e. The van der Waals surface area contributed by atoms with E-state index in [9.17, 15) is 8.42 Å². The predicted octanol–water partition coefficient (Wildman–Crippen LogP) is 0.125. The van der Waals surface area contributed by atoms with Crippen molar-refractivity contribution < 1.29 is 13.2 Å². The van der Waals surface area contributed by atoms with Crippen LogP contribution in [0.25, 0.3) is 0 Å². The van der Waals surface area contributed by atoms with E-state index in [0.29, 0.717) is 18.9 Å². The lowest BCUT2D eigenvalue weighted by atomic mass is 10.3. The molecule has 0 aliphatic rings. The average molecular weight is 287 g/mol. The molecule has 0 atom stereocenters. The summed E-state index contributed by atoms with van der Waals surface area (Å²) in [6.07, 6.45) is 0. The summed E-state index contributed by atoms with van der Waals surface area (Å²) in [6, 6.07) is 6.07. The summed E-state index contributed by atoms with van der Waals surface area (Å²) in [4.78, 5) is 2.20. The van der Waals surface area contributed by atoms with Crippen molar-refractivity contribution in [2.45, 2.75) is 4.90 Å². The van der Waals surface area contributed by atoms with Gasteiger partial charge in [-0.15, -0.1) is 0 Å². The highest BCUT2D eigenvalue weighted by molar-refractivity contribution is 7.89. The van der Waals surface area contributed by atoms with E-state index in [0.717, 1.165) is 6.54 Å². The molecule has 1 aromatic carbocycles. The zero-order valence-electron chi connectivity index (χ0n) is 11.3. The molecule has 6 nitrogen and oxygen atoms in total. The second kappa shape index (κ2) is 7.44. The number of hydrogen-bond donors (Lipinski definition) is 2. The second-order valence-electron chi connectivity index (χ2n) is 4.38. The molecular formula is C12H21N3O3S. The number of nitrogen functional groups attached to an aromatic ring is 1. The first-order valence-corrected chi connectivity index (χ1v) is 7.48. The van der Waals surface area contributed by atoms with Gasteiger partial charge in [0.15, 0.2) is 0 Å². The minimum Gasteiger partial charge on any atom is -0.399 e. The van der Waals surface area contributed by atoms with Crippen LogP contribution in [0.4, 0.5) is 5.69 Å². The molecule has 0 aromatic heterocycles. The molecule has 0 aliphatic carbocycles. The molecule has 0 unspecified atom stereocenters. The average Bonchev–Trinajstić information content (AvgIpc) is 2.34. The van der Waals surface area contributed by atoms with Gasteiger partial charge in [-0.05, 0) is 38.4 Å². The SMILES string of the molecule is CN(C)CCOCCNS(=O)(=O)c1ccc(N)cc1. The Labute approximate surface area is 114 Å². The van der Waals surface area contributed by atoms with Gasteiger partial charge in [-0.25, -0.2) is 13.1 Å². The van der Waals surface area contributed by atoms with Crippen molar-refractivity contribution in [1.82, 2.24) is 9.62 Å². The second-order valence-corrected chi connectivity index (χ2v) is 6.15. The zero-order chi connectivity index (χ0) is 14.3. The van der Waals surface area contributed by atoms with E-state index in [-0.39, 0.29) is 11.4 Å². The number of rotatable bonds is 8. The van der Waals surface area contributed by atoms with E-state index in [2.05, 4.69) is 4.72 Å². The Morgan fingerprint density at radius 3 is 2.42 bits per heavy atom. The molecule has 0 fully saturated rings. The Balaban J connectivity index is 2.33. The highest BCUT2D eigenvalue weighted by Crippen LogP contribution is 2.10. The van der Waals surface area contributed by atoms with Crippen LogP contribution in [0.2, 0.25) is 0 Å². The quantitative estimate of drug-likeness (QED) is 0.524. The minimum atomic E-state index is -3.48. The number of anilines is 1. The first-order chi connectivity index (χ1) is 8.92. The van der Waals surface area contributed by atoms with Gasteiger partial charge in [-0.3, -0.25) is 0 Å². The third-order valence-corrected chi connectivity index (χ3v) is 3.89. The molecule has 0 amide bonds. The number of nitrogens with zero attached hydrogens (tertiary/aromatic N) is 1. The Kier molecular flexibility index (Phi) is 6.23. The van der Waals surface area contributed by atoms with Crippen LogP contribution < -0.4 is 10.5 Å². The van der Waals surface area contributed by atoms with Crippen molar-refractivity contribution in [3.63, 3.8) is 0 Å². The summed E-state index contributed by atoms with van der Waals surface area (Å²) in [6.45, 7) is 1.99. The lowest BCUT2D eigenvalue weighted by molar-refractivity contribution is 0.122. The van der Waals surface area contributed by atoms with Crippen LogP contribution >= 0.6 is 0 Å². The van der Waals surface area contributed by atoms with Crippen LogP contribution in [0.1, 0.15) is 0 Å². The van der Waals surface area contributed by atoms with Gasteiger partial charge in [0.2, 0.25) is 10.0 Å². The van der Waals surface area contributed by atoms with Gasteiger partial charge in [-0.2, -0.15) is 0 Å². The minimum absolute atomic E-state index is 0.204. The fourth-order valence-electron chi connectivity index (χ4n) is 1.33. The summed E-state index contributed by atoms with van der Waals surface area (Å²) in [5.74, 6) is 0. The van der Waals surface area contributed by atoms with Gasteiger partial charge in [0.1, 0.15) is 0 Å². The van der Waals surface area contributed by atoms with Crippen LogP contribution in [0.5, 0.6) is 0 Å². The number of nitrogens with two attached hydrogens (primary N) is 1. The maximum absolute atomic E-state index is 11.9. The molecule has 0 aliphatic heterocycles. The number of nitrogens with one attached hydrogen (secondary N) is 1. The number of hydrogen-bond acceptors (Lipinski definition) is 5. The van der Waals surface area contributed by atoms with Crippen molar-refractivity contribution in [2.24, 2.45) is 0 Å². The molecular weight excluding hydrogens is 266 g/mol.